The average molecular weight is 412 g/mol. The van der Waals surface area contributed by atoms with E-state index in [-0.39, 0.29) is 4.90 Å². The van der Waals surface area contributed by atoms with E-state index >= 15 is 0 Å². The van der Waals surface area contributed by atoms with Crippen molar-refractivity contribution in [2.24, 2.45) is 0 Å². The fourth-order valence-corrected chi connectivity index (χ4v) is 4.07. The molecule has 0 aliphatic rings. The molecule has 0 aliphatic carbocycles. The van der Waals surface area contributed by atoms with Crippen molar-refractivity contribution in [3.8, 4) is 0 Å². The molecule has 0 saturated carbocycles. The Morgan fingerprint density at radius 2 is 1.32 bits per heavy atom. The van der Waals surface area contributed by atoms with Crippen molar-refractivity contribution in [1.29, 1.82) is 0 Å². The van der Waals surface area contributed by atoms with Crippen LogP contribution < -0.4 is 15.4 Å². The molecule has 0 amide bonds. The number of rotatable bonds is 5. The molecule has 0 heterocycles. The lowest BCUT2D eigenvalue weighted by molar-refractivity contribution is 0.601. The van der Waals surface area contributed by atoms with Crippen molar-refractivity contribution in [2.45, 2.75) is 18.7 Å². The highest BCUT2D eigenvalue weighted by molar-refractivity contribution is 7.92. The number of hydrogen-bond acceptors (Lipinski definition) is 3. The van der Waals surface area contributed by atoms with E-state index in [1.807, 2.05) is 32.0 Å². The van der Waals surface area contributed by atoms with Crippen LogP contribution >= 0.6 is 12.2 Å². The summed E-state index contributed by atoms with van der Waals surface area (Å²) in [4.78, 5) is 0.176. The van der Waals surface area contributed by atoms with Gasteiger partial charge in [0.15, 0.2) is 5.11 Å². The highest BCUT2D eigenvalue weighted by atomic mass is 32.2. The number of para-hydroxylation sites is 1. The summed E-state index contributed by atoms with van der Waals surface area (Å²) in [5.74, 6) is 0. The number of nitrogens with one attached hydrogen (secondary N) is 3. The van der Waals surface area contributed by atoms with Crippen LogP contribution in [0.1, 0.15) is 11.1 Å². The Bertz CT molecular complexity index is 1060. The smallest absolute Gasteiger partial charge is 0.261 e. The van der Waals surface area contributed by atoms with Gasteiger partial charge in [-0.25, -0.2) is 8.42 Å². The first-order valence-electron chi connectivity index (χ1n) is 8.66. The van der Waals surface area contributed by atoms with E-state index in [0.717, 1.165) is 16.8 Å². The summed E-state index contributed by atoms with van der Waals surface area (Å²) in [7, 11) is -3.64. The number of thiocarbonyl (C=S) groups is 1. The van der Waals surface area contributed by atoms with E-state index in [4.69, 9.17) is 12.2 Å². The van der Waals surface area contributed by atoms with Gasteiger partial charge in [-0.3, -0.25) is 4.72 Å². The number of hydrogen-bond donors (Lipinski definition) is 3. The summed E-state index contributed by atoms with van der Waals surface area (Å²) in [6.45, 7) is 4.05. The van der Waals surface area contributed by atoms with Crippen molar-refractivity contribution >= 4 is 44.4 Å². The van der Waals surface area contributed by atoms with Crippen LogP contribution in [0.25, 0.3) is 0 Å². The summed E-state index contributed by atoms with van der Waals surface area (Å²) >= 11 is 5.34. The fourth-order valence-electron chi connectivity index (χ4n) is 2.78. The van der Waals surface area contributed by atoms with Crippen LogP contribution in [0.4, 0.5) is 17.1 Å². The van der Waals surface area contributed by atoms with Gasteiger partial charge in [-0.15, -0.1) is 0 Å². The first-order valence-corrected chi connectivity index (χ1v) is 10.6. The third kappa shape index (κ3) is 5.31. The molecule has 3 aromatic carbocycles. The van der Waals surface area contributed by atoms with Crippen molar-refractivity contribution in [1.82, 2.24) is 0 Å². The maximum absolute atomic E-state index is 12.5. The molecule has 0 spiro atoms. The van der Waals surface area contributed by atoms with Gasteiger partial charge in [-0.2, -0.15) is 0 Å². The molecule has 144 valence electrons. The molecule has 0 saturated heterocycles. The molecular formula is C21H21N3O2S2. The van der Waals surface area contributed by atoms with Crippen molar-refractivity contribution in [3.05, 3.63) is 83.9 Å². The minimum absolute atomic E-state index is 0.176. The van der Waals surface area contributed by atoms with E-state index < -0.39 is 10.0 Å². The van der Waals surface area contributed by atoms with Gasteiger partial charge in [0.1, 0.15) is 0 Å². The van der Waals surface area contributed by atoms with Crippen LogP contribution in [0, 0.1) is 13.8 Å². The molecule has 0 unspecified atom stereocenters. The van der Waals surface area contributed by atoms with E-state index in [1.165, 1.54) is 12.1 Å². The number of aryl methyl sites for hydroxylation is 2. The van der Waals surface area contributed by atoms with Gasteiger partial charge in [0.2, 0.25) is 0 Å². The van der Waals surface area contributed by atoms with Crippen molar-refractivity contribution in [2.75, 3.05) is 15.4 Å². The van der Waals surface area contributed by atoms with Crippen LogP contribution in [-0.4, -0.2) is 13.5 Å². The molecule has 0 radical (unpaired) electrons. The zero-order chi connectivity index (χ0) is 20.1. The first kappa shape index (κ1) is 19.9. The van der Waals surface area contributed by atoms with Crippen LogP contribution in [0.2, 0.25) is 0 Å². The van der Waals surface area contributed by atoms with E-state index in [0.29, 0.717) is 16.5 Å². The highest BCUT2D eigenvalue weighted by Crippen LogP contribution is 2.19. The lowest BCUT2D eigenvalue weighted by Crippen LogP contribution is -2.19. The SMILES string of the molecule is Cc1cc(C)cc(NC(=S)Nc2ccc(S(=O)(=O)Nc3ccccc3)cc2)c1. The maximum Gasteiger partial charge on any atom is 0.261 e. The molecule has 3 aromatic rings. The van der Waals surface area contributed by atoms with E-state index in [9.17, 15) is 8.42 Å². The van der Waals surface area contributed by atoms with Crippen LogP contribution in [0.15, 0.2) is 77.7 Å². The topological polar surface area (TPSA) is 70.2 Å². The van der Waals surface area contributed by atoms with Gasteiger partial charge in [0.05, 0.1) is 4.90 Å². The van der Waals surface area contributed by atoms with E-state index in [2.05, 4.69) is 21.4 Å². The Kier molecular flexibility index (Phi) is 5.96. The molecule has 3 rings (SSSR count). The first-order chi connectivity index (χ1) is 13.3. The van der Waals surface area contributed by atoms with Gasteiger partial charge in [-0.1, -0.05) is 24.3 Å². The summed E-state index contributed by atoms with van der Waals surface area (Å²) in [5, 5.41) is 6.64. The summed E-state index contributed by atoms with van der Waals surface area (Å²) in [6.07, 6.45) is 0. The Morgan fingerprint density at radius 3 is 1.93 bits per heavy atom. The Labute approximate surface area is 170 Å². The molecule has 3 N–H and O–H groups in total. The maximum atomic E-state index is 12.5. The Hall–Kier alpha value is -2.90. The van der Waals surface area contributed by atoms with Gasteiger partial charge < -0.3 is 10.6 Å². The molecule has 7 heteroatoms. The highest BCUT2D eigenvalue weighted by Gasteiger charge is 2.14. The van der Waals surface area contributed by atoms with Gasteiger partial charge in [0, 0.05) is 17.1 Å². The Balaban J connectivity index is 1.66. The third-order valence-corrected chi connectivity index (χ3v) is 5.53. The van der Waals surface area contributed by atoms with Crippen LogP contribution in [-0.2, 0) is 10.0 Å². The number of anilines is 3. The van der Waals surface area contributed by atoms with Crippen molar-refractivity contribution in [3.63, 3.8) is 0 Å². The predicted octanol–water partition coefficient (Wildman–Crippen LogP) is 4.91. The van der Waals surface area contributed by atoms with Crippen molar-refractivity contribution < 1.29 is 8.42 Å². The molecule has 28 heavy (non-hydrogen) atoms. The standard InChI is InChI=1S/C21H21N3O2S2/c1-15-12-16(2)14-19(13-15)23-21(27)22-17-8-10-20(11-9-17)28(25,26)24-18-6-4-3-5-7-18/h3-14,24H,1-2H3,(H2,22,23,27). The van der Waals surface area contributed by atoms with E-state index in [1.54, 1.807) is 36.4 Å². The molecule has 5 nitrogen and oxygen atoms in total. The fraction of sp³-hybridized carbons (Fsp3) is 0.0952. The molecule has 0 aromatic heterocycles. The second kappa shape index (κ2) is 8.41. The minimum atomic E-state index is -3.64. The van der Waals surface area contributed by atoms with Gasteiger partial charge in [-0.05, 0) is 85.7 Å². The number of benzene rings is 3. The second-order valence-corrected chi connectivity index (χ2v) is 8.54. The largest absolute Gasteiger partial charge is 0.332 e. The monoisotopic (exact) mass is 411 g/mol. The quantitative estimate of drug-likeness (QED) is 0.520. The second-order valence-electron chi connectivity index (χ2n) is 6.45. The molecule has 0 atom stereocenters. The van der Waals surface area contributed by atoms with Gasteiger partial charge in [0.25, 0.3) is 10.0 Å². The molecular weight excluding hydrogens is 390 g/mol. The third-order valence-electron chi connectivity index (χ3n) is 3.93. The molecule has 0 bridgehead atoms. The predicted molar refractivity (Wildman–Crippen MR) is 119 cm³/mol. The summed E-state index contributed by atoms with van der Waals surface area (Å²) in [6, 6.07) is 21.3. The van der Waals surface area contributed by atoms with Crippen LogP contribution in [0.3, 0.4) is 0 Å². The minimum Gasteiger partial charge on any atom is -0.332 e. The van der Waals surface area contributed by atoms with Crippen LogP contribution in [0.5, 0.6) is 0 Å². The average Bonchev–Trinajstić information content (AvgIpc) is 2.61. The Morgan fingerprint density at radius 1 is 0.750 bits per heavy atom. The molecule has 0 fully saturated rings. The lowest BCUT2D eigenvalue weighted by Gasteiger charge is -2.13. The number of sulfonamides is 1. The lowest BCUT2D eigenvalue weighted by atomic mass is 10.1. The zero-order valence-corrected chi connectivity index (χ0v) is 17.2. The summed E-state index contributed by atoms with van der Waals surface area (Å²) < 4.78 is 27.5. The summed E-state index contributed by atoms with van der Waals surface area (Å²) in [5.41, 5.74) is 4.40. The van der Waals surface area contributed by atoms with Gasteiger partial charge >= 0.3 is 0 Å². The molecule has 0 aliphatic heterocycles. The normalized spacial score (nSPS) is 10.9. The zero-order valence-electron chi connectivity index (χ0n) is 15.6.